The zero-order valence-corrected chi connectivity index (χ0v) is 9.22. The zero-order valence-electron chi connectivity index (χ0n) is 9.22. The van der Waals surface area contributed by atoms with E-state index >= 15 is 0 Å². The Hall–Kier alpha value is -0.780. The van der Waals surface area contributed by atoms with Gasteiger partial charge in [0.15, 0.2) is 0 Å². The van der Waals surface area contributed by atoms with E-state index in [-0.39, 0.29) is 5.91 Å². The molecule has 0 aromatic carbocycles. The van der Waals surface area contributed by atoms with Crippen molar-refractivity contribution < 1.29 is 22.7 Å². The standard InChI is InChI=1S/C10H16F3NO2/c1-8-3-2-4-14(5-8)9(15)6-16-7-10(11,12)13/h8H,2-7H2,1H3. The van der Waals surface area contributed by atoms with Crippen LogP contribution in [0.3, 0.4) is 0 Å². The lowest BCUT2D eigenvalue weighted by molar-refractivity contribution is -0.178. The number of rotatable bonds is 3. The third kappa shape index (κ3) is 4.83. The van der Waals surface area contributed by atoms with Crippen molar-refractivity contribution in [1.82, 2.24) is 4.90 Å². The molecule has 1 saturated heterocycles. The van der Waals surface area contributed by atoms with Crippen molar-refractivity contribution in [3.8, 4) is 0 Å². The van der Waals surface area contributed by atoms with E-state index < -0.39 is 19.4 Å². The molecule has 1 aliphatic heterocycles. The van der Waals surface area contributed by atoms with Crippen molar-refractivity contribution in [2.24, 2.45) is 5.92 Å². The number of hydrogen-bond donors (Lipinski definition) is 0. The van der Waals surface area contributed by atoms with E-state index in [1.54, 1.807) is 4.90 Å². The van der Waals surface area contributed by atoms with Crippen LogP contribution in [0.5, 0.6) is 0 Å². The van der Waals surface area contributed by atoms with Gasteiger partial charge in [-0.2, -0.15) is 13.2 Å². The first-order valence-corrected chi connectivity index (χ1v) is 5.31. The van der Waals surface area contributed by atoms with Crippen molar-refractivity contribution in [2.45, 2.75) is 25.9 Å². The molecule has 1 atom stereocenters. The third-order valence-electron chi connectivity index (χ3n) is 2.50. The topological polar surface area (TPSA) is 29.5 Å². The van der Waals surface area contributed by atoms with Gasteiger partial charge < -0.3 is 9.64 Å². The number of carbonyl (C=O) groups is 1. The molecule has 1 heterocycles. The van der Waals surface area contributed by atoms with Crippen LogP contribution in [0.4, 0.5) is 13.2 Å². The molecule has 0 aliphatic carbocycles. The Bertz CT molecular complexity index is 243. The molecule has 0 bridgehead atoms. The van der Waals surface area contributed by atoms with Gasteiger partial charge in [0.25, 0.3) is 0 Å². The van der Waals surface area contributed by atoms with Crippen LogP contribution in [0.1, 0.15) is 19.8 Å². The summed E-state index contributed by atoms with van der Waals surface area (Å²) in [5, 5.41) is 0. The molecule has 1 amide bonds. The van der Waals surface area contributed by atoms with Crippen LogP contribution >= 0.6 is 0 Å². The van der Waals surface area contributed by atoms with E-state index in [1.165, 1.54) is 0 Å². The fourth-order valence-corrected chi connectivity index (χ4v) is 1.76. The molecule has 0 N–H and O–H groups in total. The average molecular weight is 239 g/mol. The van der Waals surface area contributed by atoms with Gasteiger partial charge in [0.1, 0.15) is 13.2 Å². The van der Waals surface area contributed by atoms with Crippen LogP contribution in [0.25, 0.3) is 0 Å². The quantitative estimate of drug-likeness (QED) is 0.752. The van der Waals surface area contributed by atoms with Crippen LogP contribution in [0, 0.1) is 5.92 Å². The Labute approximate surface area is 92.5 Å². The minimum atomic E-state index is -4.37. The Morgan fingerprint density at radius 3 is 2.75 bits per heavy atom. The summed E-state index contributed by atoms with van der Waals surface area (Å²) in [6.45, 7) is 1.43. The van der Waals surface area contributed by atoms with Gasteiger partial charge in [-0.3, -0.25) is 4.79 Å². The molecule has 1 fully saturated rings. The van der Waals surface area contributed by atoms with Crippen LogP contribution in [-0.2, 0) is 9.53 Å². The molecule has 3 nitrogen and oxygen atoms in total. The maximum Gasteiger partial charge on any atom is 0.411 e. The maximum absolute atomic E-state index is 11.8. The lowest BCUT2D eigenvalue weighted by atomic mass is 10.0. The summed E-state index contributed by atoms with van der Waals surface area (Å²) >= 11 is 0. The number of ether oxygens (including phenoxy) is 1. The van der Waals surface area contributed by atoms with E-state index in [0.29, 0.717) is 19.0 Å². The molecule has 16 heavy (non-hydrogen) atoms. The van der Waals surface area contributed by atoms with Crippen LogP contribution in [0.2, 0.25) is 0 Å². The van der Waals surface area contributed by atoms with Crippen LogP contribution in [-0.4, -0.2) is 43.3 Å². The molecule has 0 spiro atoms. The Morgan fingerprint density at radius 1 is 1.50 bits per heavy atom. The van der Waals surface area contributed by atoms with E-state index in [9.17, 15) is 18.0 Å². The highest BCUT2D eigenvalue weighted by Gasteiger charge is 2.28. The van der Waals surface area contributed by atoms with Gasteiger partial charge in [0.05, 0.1) is 0 Å². The van der Waals surface area contributed by atoms with Crippen molar-refractivity contribution in [3.05, 3.63) is 0 Å². The van der Waals surface area contributed by atoms with Gasteiger partial charge in [-0.15, -0.1) is 0 Å². The molecular formula is C10H16F3NO2. The number of amides is 1. The van der Waals surface area contributed by atoms with Gasteiger partial charge in [0, 0.05) is 13.1 Å². The molecule has 0 aromatic rings. The van der Waals surface area contributed by atoms with Crippen molar-refractivity contribution >= 4 is 5.91 Å². The number of piperidine rings is 1. The van der Waals surface area contributed by atoms with E-state index in [4.69, 9.17) is 0 Å². The number of halogens is 3. The number of likely N-dealkylation sites (tertiary alicyclic amines) is 1. The summed E-state index contributed by atoms with van der Waals surface area (Å²) in [5.74, 6) is 0.0658. The van der Waals surface area contributed by atoms with E-state index in [1.807, 2.05) is 6.92 Å². The maximum atomic E-state index is 11.8. The van der Waals surface area contributed by atoms with Crippen LogP contribution in [0.15, 0.2) is 0 Å². The fourth-order valence-electron chi connectivity index (χ4n) is 1.76. The molecule has 0 saturated carbocycles. The van der Waals surface area contributed by atoms with Gasteiger partial charge >= 0.3 is 6.18 Å². The van der Waals surface area contributed by atoms with Gasteiger partial charge in [-0.1, -0.05) is 6.92 Å². The normalized spacial score (nSPS) is 22.2. The highest BCUT2D eigenvalue weighted by atomic mass is 19.4. The molecule has 1 rings (SSSR count). The van der Waals surface area contributed by atoms with Gasteiger partial charge in [0.2, 0.25) is 5.91 Å². The lowest BCUT2D eigenvalue weighted by Crippen LogP contribution is -2.41. The first kappa shape index (κ1) is 13.3. The average Bonchev–Trinajstić information content (AvgIpc) is 2.15. The molecule has 94 valence electrons. The largest absolute Gasteiger partial charge is 0.411 e. The molecule has 6 heteroatoms. The Morgan fingerprint density at radius 2 is 2.19 bits per heavy atom. The summed E-state index contributed by atoms with van der Waals surface area (Å²) < 4.78 is 39.6. The fraction of sp³-hybridized carbons (Fsp3) is 0.900. The molecule has 0 radical (unpaired) electrons. The number of hydrogen-bond acceptors (Lipinski definition) is 2. The minimum Gasteiger partial charge on any atom is -0.362 e. The Kier molecular flexibility index (Phi) is 4.58. The van der Waals surface area contributed by atoms with E-state index in [2.05, 4.69) is 4.74 Å². The summed E-state index contributed by atoms with van der Waals surface area (Å²) in [7, 11) is 0. The number of alkyl halides is 3. The first-order chi connectivity index (χ1) is 7.38. The number of carbonyl (C=O) groups excluding carboxylic acids is 1. The van der Waals surface area contributed by atoms with E-state index in [0.717, 1.165) is 12.8 Å². The summed E-state index contributed by atoms with van der Waals surface area (Å²) in [5.41, 5.74) is 0. The minimum absolute atomic E-state index is 0.351. The molecular weight excluding hydrogens is 223 g/mol. The molecule has 0 aromatic heterocycles. The second kappa shape index (κ2) is 5.52. The summed E-state index contributed by atoms with van der Waals surface area (Å²) in [6, 6.07) is 0. The summed E-state index contributed by atoms with van der Waals surface area (Å²) in [6.07, 6.45) is -2.39. The van der Waals surface area contributed by atoms with Crippen molar-refractivity contribution in [3.63, 3.8) is 0 Å². The summed E-state index contributed by atoms with van der Waals surface area (Å²) in [4.78, 5) is 13.0. The predicted molar refractivity (Wildman–Crippen MR) is 51.9 cm³/mol. The number of nitrogens with zero attached hydrogens (tertiary/aromatic N) is 1. The molecule has 1 unspecified atom stereocenters. The zero-order chi connectivity index (χ0) is 12.2. The van der Waals surface area contributed by atoms with Crippen molar-refractivity contribution in [1.29, 1.82) is 0 Å². The lowest BCUT2D eigenvalue weighted by Gasteiger charge is -2.30. The second-order valence-corrected chi connectivity index (χ2v) is 4.20. The van der Waals surface area contributed by atoms with Crippen molar-refractivity contribution in [2.75, 3.05) is 26.3 Å². The first-order valence-electron chi connectivity index (χ1n) is 5.31. The van der Waals surface area contributed by atoms with Gasteiger partial charge in [-0.25, -0.2) is 0 Å². The van der Waals surface area contributed by atoms with Gasteiger partial charge in [-0.05, 0) is 18.8 Å². The molecule has 1 aliphatic rings. The third-order valence-corrected chi connectivity index (χ3v) is 2.50. The monoisotopic (exact) mass is 239 g/mol. The highest BCUT2D eigenvalue weighted by Crippen LogP contribution is 2.16. The second-order valence-electron chi connectivity index (χ2n) is 4.20. The van der Waals surface area contributed by atoms with Crippen LogP contribution < -0.4 is 0 Å². The predicted octanol–water partition coefficient (Wildman–Crippen LogP) is 1.82. The Balaban J connectivity index is 2.24. The SMILES string of the molecule is CC1CCCN(C(=O)COCC(F)(F)F)C1. The smallest absolute Gasteiger partial charge is 0.362 e. The highest BCUT2D eigenvalue weighted by molar-refractivity contribution is 5.77.